The van der Waals surface area contributed by atoms with Crippen LogP contribution in [0.25, 0.3) is 5.57 Å². The summed E-state index contributed by atoms with van der Waals surface area (Å²) in [6.07, 6.45) is 4.20. The van der Waals surface area contributed by atoms with Crippen molar-refractivity contribution in [2.24, 2.45) is 4.99 Å². The van der Waals surface area contributed by atoms with Gasteiger partial charge in [0.05, 0.1) is 10.0 Å². The number of hydrogen-bond donors (Lipinski definition) is 1. The van der Waals surface area contributed by atoms with E-state index in [1.165, 1.54) is 6.21 Å². The first-order valence-corrected chi connectivity index (χ1v) is 5.05. The number of nitrogens with one attached hydrogen (secondary N) is 1. The SMILES string of the molecule is C/C(=C\N=CC=N)c1ccc(Cl)c(Cl)c1. The van der Waals surface area contributed by atoms with Crippen LogP contribution in [0.4, 0.5) is 0 Å². The molecular weight excluding hydrogens is 231 g/mol. The van der Waals surface area contributed by atoms with Gasteiger partial charge >= 0.3 is 0 Å². The van der Waals surface area contributed by atoms with Crippen LogP contribution in [0.3, 0.4) is 0 Å². The summed E-state index contributed by atoms with van der Waals surface area (Å²) in [6.45, 7) is 1.92. The van der Waals surface area contributed by atoms with Crippen LogP contribution in [0.1, 0.15) is 12.5 Å². The molecule has 0 amide bonds. The molecule has 0 saturated heterocycles. The fraction of sp³-hybridized carbons (Fsp3) is 0.0909. The lowest BCUT2D eigenvalue weighted by molar-refractivity contribution is 1.50. The van der Waals surface area contributed by atoms with Crippen LogP contribution in [-0.4, -0.2) is 12.4 Å². The molecule has 0 unspecified atom stereocenters. The molecule has 15 heavy (non-hydrogen) atoms. The smallest absolute Gasteiger partial charge is 0.0598 e. The molecule has 4 heteroatoms. The van der Waals surface area contributed by atoms with Crippen molar-refractivity contribution in [1.82, 2.24) is 0 Å². The highest BCUT2D eigenvalue weighted by Crippen LogP contribution is 2.25. The van der Waals surface area contributed by atoms with E-state index in [1.54, 1.807) is 18.3 Å². The number of hydrogen-bond acceptors (Lipinski definition) is 2. The summed E-state index contributed by atoms with van der Waals surface area (Å²) in [4.78, 5) is 3.91. The number of nitrogens with zero attached hydrogens (tertiary/aromatic N) is 1. The maximum absolute atomic E-state index is 6.77. The van der Waals surface area contributed by atoms with E-state index in [1.807, 2.05) is 13.0 Å². The van der Waals surface area contributed by atoms with Gasteiger partial charge in [-0.15, -0.1) is 0 Å². The van der Waals surface area contributed by atoms with Crippen LogP contribution >= 0.6 is 23.2 Å². The largest absolute Gasteiger partial charge is 0.307 e. The van der Waals surface area contributed by atoms with E-state index in [0.717, 1.165) is 17.4 Å². The van der Waals surface area contributed by atoms with Crippen molar-refractivity contribution >= 4 is 41.2 Å². The van der Waals surface area contributed by atoms with Crippen molar-refractivity contribution in [3.05, 3.63) is 40.0 Å². The summed E-state index contributed by atoms with van der Waals surface area (Å²) in [7, 11) is 0. The molecule has 0 aromatic heterocycles. The van der Waals surface area contributed by atoms with Crippen LogP contribution in [-0.2, 0) is 0 Å². The molecule has 1 aromatic carbocycles. The summed E-state index contributed by atoms with van der Waals surface area (Å²) in [5.41, 5.74) is 1.93. The lowest BCUT2D eigenvalue weighted by Gasteiger charge is -2.01. The van der Waals surface area contributed by atoms with Crippen molar-refractivity contribution in [3.63, 3.8) is 0 Å². The zero-order chi connectivity index (χ0) is 11.3. The average Bonchev–Trinajstić information content (AvgIpc) is 2.22. The summed E-state index contributed by atoms with van der Waals surface area (Å²) in [6, 6.07) is 5.41. The number of allylic oxidation sites excluding steroid dienone is 1. The van der Waals surface area contributed by atoms with Crippen molar-refractivity contribution in [2.45, 2.75) is 6.92 Å². The lowest BCUT2D eigenvalue weighted by Crippen LogP contribution is -1.80. The van der Waals surface area contributed by atoms with Gasteiger partial charge in [0.1, 0.15) is 0 Å². The van der Waals surface area contributed by atoms with Gasteiger partial charge in [-0.2, -0.15) is 0 Å². The van der Waals surface area contributed by atoms with Crippen LogP contribution < -0.4 is 0 Å². The van der Waals surface area contributed by atoms with E-state index >= 15 is 0 Å². The summed E-state index contributed by atoms with van der Waals surface area (Å²) in [5, 5.41) is 7.84. The van der Waals surface area contributed by atoms with Gasteiger partial charge in [0.15, 0.2) is 0 Å². The minimum absolute atomic E-state index is 0.526. The Hall–Kier alpha value is -1.12. The fourth-order valence-corrected chi connectivity index (χ4v) is 1.31. The molecule has 0 atom stereocenters. The van der Waals surface area contributed by atoms with E-state index < -0.39 is 0 Å². The molecule has 0 bridgehead atoms. The van der Waals surface area contributed by atoms with Gasteiger partial charge in [0, 0.05) is 18.6 Å². The minimum Gasteiger partial charge on any atom is -0.307 e. The van der Waals surface area contributed by atoms with E-state index in [-0.39, 0.29) is 0 Å². The Balaban J connectivity index is 2.96. The first kappa shape index (κ1) is 12.0. The van der Waals surface area contributed by atoms with Gasteiger partial charge < -0.3 is 5.41 Å². The van der Waals surface area contributed by atoms with E-state index in [2.05, 4.69) is 4.99 Å². The third kappa shape index (κ3) is 3.50. The molecule has 2 nitrogen and oxygen atoms in total. The van der Waals surface area contributed by atoms with Crippen molar-refractivity contribution < 1.29 is 0 Å². The monoisotopic (exact) mass is 240 g/mol. The Morgan fingerprint density at radius 2 is 2.07 bits per heavy atom. The zero-order valence-electron chi connectivity index (χ0n) is 8.17. The number of rotatable bonds is 3. The first-order chi connectivity index (χ1) is 7.15. The fourth-order valence-electron chi connectivity index (χ4n) is 1.01. The van der Waals surface area contributed by atoms with Crippen LogP contribution in [0.15, 0.2) is 29.4 Å². The Morgan fingerprint density at radius 1 is 1.33 bits per heavy atom. The predicted octanol–water partition coefficient (Wildman–Crippen LogP) is 4.07. The molecule has 1 aromatic rings. The van der Waals surface area contributed by atoms with Gasteiger partial charge in [0.25, 0.3) is 0 Å². The highest BCUT2D eigenvalue weighted by molar-refractivity contribution is 6.42. The van der Waals surface area contributed by atoms with Crippen LogP contribution in [0.2, 0.25) is 10.0 Å². The second-order valence-corrected chi connectivity index (χ2v) is 3.72. The zero-order valence-corrected chi connectivity index (χ0v) is 9.68. The highest BCUT2D eigenvalue weighted by atomic mass is 35.5. The Labute approximate surface area is 98.8 Å². The second kappa shape index (κ2) is 5.69. The predicted molar refractivity (Wildman–Crippen MR) is 67.4 cm³/mol. The maximum atomic E-state index is 6.77. The number of halogens is 2. The van der Waals surface area contributed by atoms with Crippen molar-refractivity contribution in [2.75, 3.05) is 0 Å². The molecule has 0 heterocycles. The van der Waals surface area contributed by atoms with Gasteiger partial charge in [-0.3, -0.25) is 4.99 Å². The molecule has 0 saturated carbocycles. The molecule has 0 radical (unpaired) electrons. The van der Waals surface area contributed by atoms with Gasteiger partial charge in [-0.05, 0) is 30.2 Å². The van der Waals surface area contributed by atoms with Crippen LogP contribution in [0, 0.1) is 5.41 Å². The Bertz CT molecular complexity index is 423. The molecule has 0 fully saturated rings. The van der Waals surface area contributed by atoms with Crippen molar-refractivity contribution in [3.8, 4) is 0 Å². The molecule has 1 N–H and O–H groups in total. The van der Waals surface area contributed by atoms with Crippen LogP contribution in [0.5, 0.6) is 0 Å². The minimum atomic E-state index is 0.526. The molecule has 78 valence electrons. The Kier molecular flexibility index (Phi) is 4.53. The highest BCUT2D eigenvalue weighted by Gasteiger charge is 2.00. The second-order valence-electron chi connectivity index (χ2n) is 2.91. The van der Waals surface area contributed by atoms with E-state index in [4.69, 9.17) is 28.6 Å². The van der Waals surface area contributed by atoms with E-state index in [0.29, 0.717) is 10.0 Å². The maximum Gasteiger partial charge on any atom is 0.0598 e. The van der Waals surface area contributed by atoms with Gasteiger partial charge in [0.2, 0.25) is 0 Å². The van der Waals surface area contributed by atoms with Gasteiger partial charge in [-0.1, -0.05) is 29.3 Å². The third-order valence-electron chi connectivity index (χ3n) is 1.80. The summed E-state index contributed by atoms with van der Waals surface area (Å²) in [5.74, 6) is 0. The molecule has 0 aliphatic carbocycles. The number of benzene rings is 1. The molecule has 0 aliphatic heterocycles. The average molecular weight is 241 g/mol. The standard InChI is InChI=1S/C11H10Cl2N2/c1-8(7-15-5-4-14)9-2-3-10(12)11(13)6-9/h2-7,14H,1H3/b8-7+,14-4?,15-5?. The molecule has 0 aliphatic rings. The Morgan fingerprint density at radius 3 is 2.67 bits per heavy atom. The summed E-state index contributed by atoms with van der Waals surface area (Å²) < 4.78 is 0. The molecule has 0 spiro atoms. The van der Waals surface area contributed by atoms with Crippen molar-refractivity contribution in [1.29, 1.82) is 5.41 Å². The molecular formula is C11H10Cl2N2. The lowest BCUT2D eigenvalue weighted by atomic mass is 10.1. The third-order valence-corrected chi connectivity index (χ3v) is 2.54. The quantitative estimate of drug-likeness (QED) is 0.774. The number of aliphatic imine (C=N–C) groups is 1. The topological polar surface area (TPSA) is 36.2 Å². The first-order valence-electron chi connectivity index (χ1n) is 4.29. The molecule has 1 rings (SSSR count). The van der Waals surface area contributed by atoms with Gasteiger partial charge in [-0.25, -0.2) is 0 Å². The summed E-state index contributed by atoms with van der Waals surface area (Å²) >= 11 is 11.7. The normalized spacial score (nSPS) is 12.1. The van der Waals surface area contributed by atoms with E-state index in [9.17, 15) is 0 Å².